The van der Waals surface area contributed by atoms with E-state index in [0.29, 0.717) is 6.54 Å². The van der Waals surface area contributed by atoms with Crippen LogP contribution in [-0.4, -0.2) is 31.3 Å². The van der Waals surface area contributed by atoms with Gasteiger partial charge in [-0.25, -0.2) is 0 Å². The molecule has 1 fully saturated rings. The van der Waals surface area contributed by atoms with Gasteiger partial charge in [0.2, 0.25) is 0 Å². The summed E-state index contributed by atoms with van der Waals surface area (Å²) in [6.07, 6.45) is 3.86. The molecule has 0 aliphatic carbocycles. The molecule has 2 aromatic carbocycles. The highest BCUT2D eigenvalue weighted by Crippen LogP contribution is 2.20. The van der Waals surface area contributed by atoms with Gasteiger partial charge in [0.15, 0.2) is 0 Å². The quantitative estimate of drug-likeness (QED) is 0.612. The molecule has 132 valence electrons. The van der Waals surface area contributed by atoms with Crippen molar-refractivity contribution in [2.45, 2.75) is 31.1 Å². The van der Waals surface area contributed by atoms with Crippen LogP contribution in [0.4, 0.5) is 5.69 Å². The molecule has 1 aliphatic heterocycles. The molecule has 0 bridgehead atoms. The van der Waals surface area contributed by atoms with E-state index in [0.717, 1.165) is 24.4 Å². The molecule has 0 unspecified atom stereocenters. The highest BCUT2D eigenvalue weighted by atomic mass is 32.2. The molecule has 3 nitrogen and oxygen atoms in total. The lowest BCUT2D eigenvalue weighted by molar-refractivity contribution is 0.0956. The zero-order valence-electron chi connectivity index (χ0n) is 14.8. The lowest BCUT2D eigenvalue weighted by Gasteiger charge is -2.28. The highest BCUT2D eigenvalue weighted by molar-refractivity contribution is 7.99. The monoisotopic (exact) mass is 354 g/mol. The first-order valence-corrected chi connectivity index (χ1v) is 10.0. The Kier molecular flexibility index (Phi) is 6.40. The van der Waals surface area contributed by atoms with Gasteiger partial charge in [0, 0.05) is 41.5 Å². The maximum atomic E-state index is 12.3. The fourth-order valence-electron chi connectivity index (χ4n) is 3.05. The third-order valence-electron chi connectivity index (χ3n) is 4.53. The first-order valence-electron chi connectivity index (χ1n) is 9.05. The summed E-state index contributed by atoms with van der Waals surface area (Å²) in [6, 6.07) is 16.5. The third kappa shape index (κ3) is 5.27. The number of nitrogens with zero attached hydrogens (tertiary/aromatic N) is 1. The number of rotatable bonds is 6. The van der Waals surface area contributed by atoms with Crippen LogP contribution in [-0.2, 0) is 0 Å². The molecular weight excluding hydrogens is 328 g/mol. The van der Waals surface area contributed by atoms with Crippen molar-refractivity contribution in [2.75, 3.05) is 30.3 Å². The first kappa shape index (κ1) is 17.9. The summed E-state index contributed by atoms with van der Waals surface area (Å²) < 4.78 is 0. The summed E-state index contributed by atoms with van der Waals surface area (Å²) in [5.41, 5.74) is 3.23. The van der Waals surface area contributed by atoms with E-state index in [1.807, 2.05) is 12.1 Å². The van der Waals surface area contributed by atoms with Crippen molar-refractivity contribution >= 4 is 23.4 Å². The van der Waals surface area contributed by atoms with E-state index in [1.165, 1.54) is 35.4 Å². The normalized spacial score (nSPS) is 14.4. The van der Waals surface area contributed by atoms with Crippen LogP contribution >= 0.6 is 11.8 Å². The van der Waals surface area contributed by atoms with Gasteiger partial charge < -0.3 is 10.2 Å². The topological polar surface area (TPSA) is 32.3 Å². The van der Waals surface area contributed by atoms with Crippen LogP contribution in [0, 0.1) is 6.92 Å². The van der Waals surface area contributed by atoms with E-state index >= 15 is 0 Å². The number of carbonyl (C=O) groups excluding carboxylic acids is 1. The van der Waals surface area contributed by atoms with Gasteiger partial charge in [0.05, 0.1) is 0 Å². The number of amides is 1. The van der Waals surface area contributed by atoms with Gasteiger partial charge in [-0.15, -0.1) is 11.8 Å². The predicted molar refractivity (Wildman–Crippen MR) is 107 cm³/mol. The van der Waals surface area contributed by atoms with Crippen molar-refractivity contribution < 1.29 is 4.79 Å². The minimum absolute atomic E-state index is 0.00898. The van der Waals surface area contributed by atoms with Gasteiger partial charge in [0.25, 0.3) is 5.91 Å². The van der Waals surface area contributed by atoms with Crippen molar-refractivity contribution in [3.63, 3.8) is 0 Å². The second-order valence-electron chi connectivity index (χ2n) is 6.51. The molecule has 0 saturated carbocycles. The fourth-order valence-corrected chi connectivity index (χ4v) is 3.81. The molecule has 1 aliphatic rings. The van der Waals surface area contributed by atoms with Crippen molar-refractivity contribution in [1.82, 2.24) is 5.32 Å². The van der Waals surface area contributed by atoms with E-state index in [-0.39, 0.29) is 5.91 Å². The zero-order chi connectivity index (χ0) is 17.5. The fraction of sp³-hybridized carbons (Fsp3) is 0.381. The van der Waals surface area contributed by atoms with Crippen LogP contribution in [0.1, 0.15) is 35.2 Å². The number of anilines is 1. The summed E-state index contributed by atoms with van der Waals surface area (Å²) in [6.45, 7) is 5.01. The predicted octanol–water partition coefficient (Wildman–Crippen LogP) is 4.51. The Morgan fingerprint density at radius 2 is 1.68 bits per heavy atom. The van der Waals surface area contributed by atoms with Crippen LogP contribution in [0.5, 0.6) is 0 Å². The van der Waals surface area contributed by atoms with E-state index in [9.17, 15) is 4.79 Å². The van der Waals surface area contributed by atoms with Crippen LogP contribution in [0.15, 0.2) is 53.4 Å². The molecule has 0 atom stereocenters. The third-order valence-corrected chi connectivity index (χ3v) is 5.54. The van der Waals surface area contributed by atoms with Crippen molar-refractivity contribution in [1.29, 1.82) is 0 Å². The molecule has 1 N–H and O–H groups in total. The van der Waals surface area contributed by atoms with Gasteiger partial charge in [-0.05, 0) is 62.6 Å². The standard InChI is InChI=1S/C21H26N2OS/c1-17-5-11-20(12-6-17)25-16-13-22-21(24)18-7-9-19(10-8-18)23-14-3-2-4-15-23/h5-12H,2-4,13-16H2,1H3,(H,22,24). The molecule has 1 amide bonds. The number of nitrogens with one attached hydrogen (secondary N) is 1. The molecule has 0 aromatic heterocycles. The maximum Gasteiger partial charge on any atom is 0.251 e. The minimum Gasteiger partial charge on any atom is -0.372 e. The number of benzene rings is 2. The SMILES string of the molecule is Cc1ccc(SCCNC(=O)c2ccc(N3CCCCC3)cc2)cc1. The van der Waals surface area contributed by atoms with E-state index < -0.39 is 0 Å². The van der Waals surface area contributed by atoms with E-state index in [4.69, 9.17) is 0 Å². The lowest BCUT2D eigenvalue weighted by Crippen LogP contribution is -2.29. The summed E-state index contributed by atoms with van der Waals surface area (Å²) in [5.74, 6) is 0.885. The van der Waals surface area contributed by atoms with Crippen LogP contribution in [0.3, 0.4) is 0 Å². The van der Waals surface area contributed by atoms with Crippen molar-refractivity contribution in [3.8, 4) is 0 Å². The van der Waals surface area contributed by atoms with Gasteiger partial charge in [-0.3, -0.25) is 4.79 Å². The van der Waals surface area contributed by atoms with Crippen LogP contribution in [0.25, 0.3) is 0 Å². The number of carbonyl (C=O) groups is 1. The zero-order valence-corrected chi connectivity index (χ0v) is 15.6. The molecule has 25 heavy (non-hydrogen) atoms. The van der Waals surface area contributed by atoms with E-state index in [2.05, 4.69) is 53.5 Å². The molecular formula is C21H26N2OS. The Morgan fingerprint density at radius 3 is 2.36 bits per heavy atom. The Morgan fingerprint density at radius 1 is 1.00 bits per heavy atom. The van der Waals surface area contributed by atoms with Crippen molar-refractivity contribution in [3.05, 3.63) is 59.7 Å². The van der Waals surface area contributed by atoms with Gasteiger partial charge in [-0.1, -0.05) is 17.7 Å². The Bertz CT molecular complexity index is 676. The van der Waals surface area contributed by atoms with Gasteiger partial charge >= 0.3 is 0 Å². The largest absolute Gasteiger partial charge is 0.372 e. The number of thioether (sulfide) groups is 1. The average Bonchev–Trinajstić information content (AvgIpc) is 2.67. The molecule has 0 spiro atoms. The smallest absolute Gasteiger partial charge is 0.251 e. The summed E-state index contributed by atoms with van der Waals surface area (Å²) in [4.78, 5) is 15.9. The Balaban J connectivity index is 1.43. The summed E-state index contributed by atoms with van der Waals surface area (Å²) >= 11 is 1.77. The number of hydrogen-bond acceptors (Lipinski definition) is 3. The minimum atomic E-state index is 0.00898. The molecule has 1 heterocycles. The number of piperidine rings is 1. The first-order chi connectivity index (χ1) is 12.2. The molecule has 2 aromatic rings. The molecule has 1 saturated heterocycles. The second kappa shape index (κ2) is 8.95. The molecule has 0 radical (unpaired) electrons. The highest BCUT2D eigenvalue weighted by Gasteiger charge is 2.11. The summed E-state index contributed by atoms with van der Waals surface area (Å²) in [7, 11) is 0. The van der Waals surface area contributed by atoms with Crippen LogP contribution < -0.4 is 10.2 Å². The molecule has 4 heteroatoms. The van der Waals surface area contributed by atoms with E-state index in [1.54, 1.807) is 11.8 Å². The Hall–Kier alpha value is -1.94. The number of aryl methyl sites for hydroxylation is 1. The van der Waals surface area contributed by atoms with Crippen LogP contribution in [0.2, 0.25) is 0 Å². The lowest BCUT2D eigenvalue weighted by atomic mass is 10.1. The second-order valence-corrected chi connectivity index (χ2v) is 7.68. The Labute approximate surface area is 154 Å². The molecule has 3 rings (SSSR count). The average molecular weight is 355 g/mol. The summed E-state index contributed by atoms with van der Waals surface area (Å²) in [5, 5.41) is 3.01. The van der Waals surface area contributed by atoms with Crippen molar-refractivity contribution in [2.24, 2.45) is 0 Å². The van der Waals surface area contributed by atoms with Gasteiger partial charge in [0.1, 0.15) is 0 Å². The van der Waals surface area contributed by atoms with Gasteiger partial charge in [-0.2, -0.15) is 0 Å². The maximum absolute atomic E-state index is 12.3. The number of hydrogen-bond donors (Lipinski definition) is 1.